The minimum Gasteiger partial charge on any atom is -0.464 e. The van der Waals surface area contributed by atoms with Gasteiger partial charge in [0.15, 0.2) is 6.04 Å². The highest BCUT2D eigenvalue weighted by Crippen LogP contribution is 2.36. The van der Waals surface area contributed by atoms with Crippen molar-refractivity contribution in [3.05, 3.63) is 65.5 Å². The molecule has 0 N–H and O–H groups in total. The van der Waals surface area contributed by atoms with E-state index in [1.54, 1.807) is 24.1 Å². The molecule has 124 valence electrons. The summed E-state index contributed by atoms with van der Waals surface area (Å²) in [4.78, 5) is 31.3. The number of hydrogen-bond donors (Lipinski definition) is 0. The fraction of sp³-hybridized carbons (Fsp3) is 0.316. The number of nitrogens with zero attached hydrogens (tertiary/aromatic N) is 2. The average molecular weight is 324 g/mol. The maximum Gasteiger partial charge on any atom is 0.333 e. The van der Waals surface area contributed by atoms with Crippen LogP contribution >= 0.6 is 0 Å². The van der Waals surface area contributed by atoms with Crippen molar-refractivity contribution in [1.29, 1.82) is 0 Å². The molecular weight excluding hydrogens is 304 g/mol. The Morgan fingerprint density at radius 2 is 2.00 bits per heavy atom. The molecule has 5 nitrogen and oxygen atoms in total. The van der Waals surface area contributed by atoms with E-state index in [0.29, 0.717) is 17.5 Å². The van der Waals surface area contributed by atoms with E-state index in [4.69, 9.17) is 4.74 Å². The van der Waals surface area contributed by atoms with Gasteiger partial charge >= 0.3 is 5.97 Å². The zero-order valence-electron chi connectivity index (χ0n) is 13.8. The zero-order valence-corrected chi connectivity index (χ0v) is 13.8. The molecule has 2 atom stereocenters. The predicted octanol–water partition coefficient (Wildman–Crippen LogP) is 2.77. The van der Waals surface area contributed by atoms with Crippen molar-refractivity contribution < 1.29 is 14.3 Å². The summed E-state index contributed by atoms with van der Waals surface area (Å²) >= 11 is 0. The summed E-state index contributed by atoms with van der Waals surface area (Å²) in [6.07, 6.45) is 2.31. The molecule has 1 aromatic heterocycles. The molecule has 0 fully saturated rings. The highest BCUT2D eigenvalue weighted by Gasteiger charge is 2.44. The molecule has 1 aliphatic heterocycles. The van der Waals surface area contributed by atoms with Gasteiger partial charge < -0.3 is 9.64 Å². The van der Waals surface area contributed by atoms with Gasteiger partial charge in [-0.25, -0.2) is 4.79 Å². The van der Waals surface area contributed by atoms with Crippen molar-refractivity contribution in [2.75, 3.05) is 6.61 Å². The van der Waals surface area contributed by atoms with Gasteiger partial charge in [-0.05, 0) is 37.6 Å². The van der Waals surface area contributed by atoms with E-state index in [1.165, 1.54) is 0 Å². The molecule has 0 unspecified atom stereocenters. The van der Waals surface area contributed by atoms with Crippen molar-refractivity contribution in [2.24, 2.45) is 0 Å². The Kier molecular flexibility index (Phi) is 4.60. The third-order valence-corrected chi connectivity index (χ3v) is 4.21. The summed E-state index contributed by atoms with van der Waals surface area (Å²) in [7, 11) is 0. The first kappa shape index (κ1) is 16.2. The van der Waals surface area contributed by atoms with Crippen molar-refractivity contribution in [2.45, 2.75) is 32.4 Å². The number of fused-ring (bicyclic) bond motifs is 1. The van der Waals surface area contributed by atoms with E-state index in [2.05, 4.69) is 4.98 Å². The summed E-state index contributed by atoms with van der Waals surface area (Å²) in [5.41, 5.74) is 2.17. The number of ether oxygens (including phenoxy) is 1. The molecule has 1 aromatic carbocycles. The van der Waals surface area contributed by atoms with Gasteiger partial charge in [0.05, 0.1) is 6.61 Å². The maximum absolute atomic E-state index is 12.8. The first-order valence-electron chi connectivity index (χ1n) is 8.11. The summed E-state index contributed by atoms with van der Waals surface area (Å²) < 4.78 is 5.21. The Bertz CT molecular complexity index is 745. The van der Waals surface area contributed by atoms with Gasteiger partial charge in [-0.3, -0.25) is 9.78 Å². The number of rotatable bonds is 5. The van der Waals surface area contributed by atoms with E-state index in [0.717, 1.165) is 5.69 Å². The second-order valence-electron chi connectivity index (χ2n) is 5.83. The largest absolute Gasteiger partial charge is 0.464 e. The highest BCUT2D eigenvalue weighted by molar-refractivity contribution is 6.04. The Morgan fingerprint density at radius 3 is 2.71 bits per heavy atom. The quantitative estimate of drug-likeness (QED) is 0.794. The number of carbonyl (C=O) groups is 2. The van der Waals surface area contributed by atoms with Crippen LogP contribution in [0.3, 0.4) is 0 Å². The molecular formula is C19H20N2O3. The minimum absolute atomic E-state index is 0.132. The molecule has 24 heavy (non-hydrogen) atoms. The van der Waals surface area contributed by atoms with Crippen molar-refractivity contribution in [3.8, 4) is 0 Å². The number of carbonyl (C=O) groups excluding carboxylic acids is 2. The normalized spacial score (nSPS) is 17.5. The lowest BCUT2D eigenvalue weighted by Gasteiger charge is -2.29. The van der Waals surface area contributed by atoms with Crippen LogP contribution in [0.15, 0.2) is 48.7 Å². The van der Waals surface area contributed by atoms with Crippen LogP contribution in [0.2, 0.25) is 0 Å². The lowest BCUT2D eigenvalue weighted by Crippen LogP contribution is -2.41. The highest BCUT2D eigenvalue weighted by atomic mass is 16.5. The first-order chi connectivity index (χ1) is 11.6. The third kappa shape index (κ3) is 2.89. The first-order valence-corrected chi connectivity index (χ1v) is 8.11. The molecule has 0 spiro atoms. The minimum atomic E-state index is -0.688. The van der Waals surface area contributed by atoms with Crippen molar-refractivity contribution >= 4 is 11.9 Å². The van der Waals surface area contributed by atoms with Gasteiger partial charge in [0.25, 0.3) is 5.91 Å². The monoisotopic (exact) mass is 324 g/mol. The van der Waals surface area contributed by atoms with Crippen LogP contribution < -0.4 is 0 Å². The summed E-state index contributed by atoms with van der Waals surface area (Å²) in [6.45, 7) is 3.99. The van der Waals surface area contributed by atoms with Gasteiger partial charge in [-0.2, -0.15) is 0 Å². The number of hydrogen-bond acceptors (Lipinski definition) is 4. The number of esters is 1. The lowest BCUT2D eigenvalue weighted by atomic mass is 10.0. The number of aromatic nitrogens is 1. The molecule has 3 rings (SSSR count). The lowest BCUT2D eigenvalue weighted by molar-refractivity contribution is -0.149. The van der Waals surface area contributed by atoms with E-state index in [-0.39, 0.29) is 24.5 Å². The molecule has 5 heteroatoms. The van der Waals surface area contributed by atoms with Gasteiger partial charge in [-0.15, -0.1) is 0 Å². The smallest absolute Gasteiger partial charge is 0.333 e. The molecule has 0 bridgehead atoms. The maximum atomic E-state index is 12.8. The zero-order chi connectivity index (χ0) is 17.1. The van der Waals surface area contributed by atoms with Crippen LogP contribution in [0.4, 0.5) is 0 Å². The van der Waals surface area contributed by atoms with Gasteiger partial charge in [-0.1, -0.05) is 24.3 Å². The molecule has 1 aliphatic rings. The Hall–Kier alpha value is -2.69. The van der Waals surface area contributed by atoms with Gasteiger partial charge in [0, 0.05) is 29.9 Å². The number of amides is 1. The summed E-state index contributed by atoms with van der Waals surface area (Å²) in [5, 5.41) is 0. The topological polar surface area (TPSA) is 59.5 Å². The third-order valence-electron chi connectivity index (χ3n) is 4.21. The van der Waals surface area contributed by atoms with Gasteiger partial charge in [0.1, 0.15) is 0 Å². The Balaban J connectivity index is 1.92. The number of benzene rings is 1. The van der Waals surface area contributed by atoms with Crippen LogP contribution in [-0.4, -0.2) is 34.4 Å². The second kappa shape index (κ2) is 6.83. The van der Waals surface area contributed by atoms with Crippen LogP contribution in [0, 0.1) is 0 Å². The Morgan fingerprint density at radius 1 is 1.25 bits per heavy atom. The molecule has 0 aliphatic carbocycles. The molecule has 2 aromatic rings. The predicted molar refractivity (Wildman–Crippen MR) is 89.4 cm³/mol. The van der Waals surface area contributed by atoms with Crippen LogP contribution in [0.5, 0.6) is 0 Å². The second-order valence-corrected chi connectivity index (χ2v) is 5.83. The average Bonchev–Trinajstić information content (AvgIpc) is 2.89. The van der Waals surface area contributed by atoms with Crippen LogP contribution in [0.25, 0.3) is 0 Å². The molecule has 0 saturated carbocycles. The van der Waals surface area contributed by atoms with E-state index in [1.807, 2.05) is 43.3 Å². The molecule has 2 heterocycles. The van der Waals surface area contributed by atoms with E-state index < -0.39 is 6.04 Å². The van der Waals surface area contributed by atoms with Crippen LogP contribution in [0.1, 0.15) is 41.5 Å². The van der Waals surface area contributed by atoms with Crippen LogP contribution in [-0.2, 0) is 16.0 Å². The fourth-order valence-corrected chi connectivity index (χ4v) is 3.17. The SMILES string of the molecule is CCOC(=O)[C@@H]1c2ccccc2C(=O)N1[C@@H](C)Cc1ccccn1. The number of pyridine rings is 1. The Labute approximate surface area is 141 Å². The van der Waals surface area contributed by atoms with Gasteiger partial charge in [0.2, 0.25) is 0 Å². The van der Waals surface area contributed by atoms with Crippen molar-refractivity contribution in [3.63, 3.8) is 0 Å². The van der Waals surface area contributed by atoms with E-state index in [9.17, 15) is 9.59 Å². The van der Waals surface area contributed by atoms with E-state index >= 15 is 0 Å². The summed E-state index contributed by atoms with van der Waals surface area (Å²) in [5.74, 6) is -0.518. The fourth-order valence-electron chi connectivity index (χ4n) is 3.17. The molecule has 0 radical (unpaired) electrons. The molecule has 1 amide bonds. The van der Waals surface area contributed by atoms with Crippen molar-refractivity contribution in [1.82, 2.24) is 9.88 Å². The molecule has 0 saturated heterocycles. The standard InChI is InChI=1S/C19H20N2O3/c1-3-24-19(23)17-15-9-4-5-10-16(15)18(22)21(17)13(2)12-14-8-6-7-11-20-14/h4-11,13,17H,3,12H2,1-2H3/t13-,17-/m0/s1. The summed E-state index contributed by atoms with van der Waals surface area (Å²) in [6, 6.07) is 12.1.